The summed E-state index contributed by atoms with van der Waals surface area (Å²) < 4.78 is 0.606. The van der Waals surface area contributed by atoms with Gasteiger partial charge >= 0.3 is 0 Å². The van der Waals surface area contributed by atoms with Crippen molar-refractivity contribution in [3.8, 4) is 11.8 Å². The second-order valence-corrected chi connectivity index (χ2v) is 3.87. The summed E-state index contributed by atoms with van der Waals surface area (Å²) in [6.45, 7) is 1.87. The molecule has 5 nitrogen and oxygen atoms in total. The summed E-state index contributed by atoms with van der Waals surface area (Å²) in [4.78, 5) is 8.07. The van der Waals surface area contributed by atoms with Gasteiger partial charge in [0.2, 0.25) is 0 Å². The monoisotopic (exact) mass is 277 g/mol. The lowest BCUT2D eigenvalue weighted by Gasteiger charge is -1.95. The van der Waals surface area contributed by atoms with Gasteiger partial charge in [-0.2, -0.15) is 5.10 Å². The number of halogens is 1. The number of nitrogens with zero attached hydrogens (tertiary/aromatic N) is 3. The second-order valence-electron chi connectivity index (χ2n) is 3.06. The van der Waals surface area contributed by atoms with Crippen LogP contribution in [0.15, 0.2) is 17.0 Å². The largest absolute Gasteiger partial charge is 0.381 e. The molecule has 2 aromatic rings. The number of aromatic nitrogens is 4. The van der Waals surface area contributed by atoms with Crippen LogP contribution in [0.3, 0.4) is 0 Å². The number of anilines is 1. The topological polar surface area (TPSA) is 80.5 Å². The number of H-pyrrole nitrogens is 1. The third-order valence-corrected chi connectivity index (χ3v) is 2.30. The highest BCUT2D eigenvalue weighted by Crippen LogP contribution is 2.09. The third kappa shape index (κ3) is 2.20. The van der Waals surface area contributed by atoms with Gasteiger partial charge in [-0.1, -0.05) is 5.92 Å². The van der Waals surface area contributed by atoms with Crippen molar-refractivity contribution in [1.82, 2.24) is 20.2 Å². The van der Waals surface area contributed by atoms with E-state index < -0.39 is 0 Å². The lowest BCUT2D eigenvalue weighted by Crippen LogP contribution is -1.97. The molecule has 16 heavy (non-hydrogen) atoms. The Labute approximate surface area is 101 Å². The number of aromatic amines is 1. The Morgan fingerprint density at radius 2 is 2.25 bits per heavy atom. The van der Waals surface area contributed by atoms with Crippen molar-refractivity contribution in [3.63, 3.8) is 0 Å². The minimum atomic E-state index is 0.317. The molecule has 3 N–H and O–H groups in total. The zero-order valence-corrected chi connectivity index (χ0v) is 10.0. The van der Waals surface area contributed by atoms with Crippen molar-refractivity contribution in [2.75, 3.05) is 5.73 Å². The Morgan fingerprint density at radius 3 is 2.94 bits per heavy atom. The summed E-state index contributed by atoms with van der Waals surface area (Å²) in [6, 6.07) is 0. The average molecular weight is 278 g/mol. The van der Waals surface area contributed by atoms with Crippen molar-refractivity contribution in [1.29, 1.82) is 0 Å². The normalized spacial score (nSPS) is 9.62. The number of hydrogen-bond donors (Lipinski definition) is 2. The summed E-state index contributed by atoms with van der Waals surface area (Å²) in [6.07, 6.45) is 3.26. The van der Waals surface area contributed by atoms with Gasteiger partial charge in [-0.05, 0) is 28.8 Å². The highest BCUT2D eigenvalue weighted by Gasteiger charge is 2.00. The van der Waals surface area contributed by atoms with Crippen LogP contribution in [-0.2, 0) is 0 Å². The van der Waals surface area contributed by atoms with Gasteiger partial charge in [0, 0.05) is 6.20 Å². The number of nitrogens with one attached hydrogen (secondary N) is 1. The number of aryl methyl sites for hydroxylation is 1. The quantitative estimate of drug-likeness (QED) is 0.711. The standard InChI is InChI=1S/C10H8BrN5/c1-6-7(4-14-16-6)2-3-8-10(12)13-5-9(11)15-8/h4-5H,1H3,(H2,12,13)(H,14,16). The zero-order chi connectivity index (χ0) is 11.5. The average Bonchev–Trinajstić information content (AvgIpc) is 2.66. The fraction of sp³-hybridized carbons (Fsp3) is 0.100. The van der Waals surface area contributed by atoms with E-state index in [2.05, 4.69) is 47.9 Å². The van der Waals surface area contributed by atoms with Crippen LogP contribution in [0.1, 0.15) is 17.0 Å². The minimum absolute atomic E-state index is 0.317. The van der Waals surface area contributed by atoms with Gasteiger partial charge in [0.1, 0.15) is 4.60 Å². The van der Waals surface area contributed by atoms with E-state index >= 15 is 0 Å². The Morgan fingerprint density at radius 1 is 1.44 bits per heavy atom. The van der Waals surface area contributed by atoms with Gasteiger partial charge < -0.3 is 5.73 Å². The maximum atomic E-state index is 5.65. The molecule has 0 saturated heterocycles. The first-order valence-corrected chi connectivity index (χ1v) is 5.26. The SMILES string of the molecule is Cc1n[nH]cc1C#Cc1nc(Br)cnc1N. The van der Waals surface area contributed by atoms with Gasteiger partial charge in [-0.3, -0.25) is 5.10 Å². The summed E-state index contributed by atoms with van der Waals surface area (Å²) >= 11 is 3.21. The summed E-state index contributed by atoms with van der Waals surface area (Å²) in [5, 5.41) is 6.70. The fourth-order valence-corrected chi connectivity index (χ4v) is 1.36. The predicted molar refractivity (Wildman–Crippen MR) is 63.4 cm³/mol. The van der Waals surface area contributed by atoms with E-state index in [1.165, 1.54) is 6.20 Å². The van der Waals surface area contributed by atoms with Crippen molar-refractivity contribution >= 4 is 21.7 Å². The van der Waals surface area contributed by atoms with Gasteiger partial charge in [-0.25, -0.2) is 9.97 Å². The molecule has 0 bridgehead atoms. The lowest BCUT2D eigenvalue weighted by molar-refractivity contribution is 1.05. The maximum Gasteiger partial charge on any atom is 0.158 e. The molecule has 0 atom stereocenters. The van der Waals surface area contributed by atoms with E-state index in [0.29, 0.717) is 16.1 Å². The van der Waals surface area contributed by atoms with Gasteiger partial charge in [0.05, 0.1) is 17.5 Å². The van der Waals surface area contributed by atoms with Crippen molar-refractivity contribution in [2.24, 2.45) is 0 Å². The first-order valence-electron chi connectivity index (χ1n) is 4.47. The minimum Gasteiger partial charge on any atom is -0.381 e. The molecule has 0 unspecified atom stereocenters. The van der Waals surface area contributed by atoms with Gasteiger partial charge in [0.15, 0.2) is 11.5 Å². The molecule has 80 valence electrons. The van der Waals surface area contributed by atoms with Gasteiger partial charge in [-0.15, -0.1) is 0 Å². The molecule has 0 aliphatic carbocycles. The van der Waals surface area contributed by atoms with E-state index in [4.69, 9.17) is 5.73 Å². The van der Waals surface area contributed by atoms with Crippen molar-refractivity contribution < 1.29 is 0 Å². The number of nitrogen functional groups attached to an aromatic ring is 1. The van der Waals surface area contributed by atoms with Crippen LogP contribution >= 0.6 is 15.9 Å². The molecule has 6 heteroatoms. The van der Waals surface area contributed by atoms with E-state index in [9.17, 15) is 0 Å². The summed E-state index contributed by atoms with van der Waals surface area (Å²) in [5.74, 6) is 6.11. The van der Waals surface area contributed by atoms with E-state index in [0.717, 1.165) is 11.3 Å². The molecule has 0 radical (unpaired) electrons. The second kappa shape index (κ2) is 4.33. The highest BCUT2D eigenvalue weighted by molar-refractivity contribution is 9.10. The molecule has 0 aromatic carbocycles. The Bertz CT molecular complexity index is 578. The summed E-state index contributed by atoms with van der Waals surface area (Å²) in [7, 11) is 0. The Hall–Kier alpha value is -1.87. The fourth-order valence-electron chi connectivity index (χ4n) is 1.08. The highest BCUT2D eigenvalue weighted by atomic mass is 79.9. The zero-order valence-electron chi connectivity index (χ0n) is 8.45. The van der Waals surface area contributed by atoms with Crippen molar-refractivity contribution in [2.45, 2.75) is 6.92 Å². The molecule has 0 saturated carbocycles. The Balaban J connectivity index is 2.38. The molecule has 2 heterocycles. The molecule has 0 amide bonds. The van der Waals surface area contributed by atoms with Crippen LogP contribution in [0.2, 0.25) is 0 Å². The first kappa shape index (κ1) is 10.6. The van der Waals surface area contributed by atoms with Crippen LogP contribution < -0.4 is 5.73 Å². The van der Waals surface area contributed by atoms with Crippen LogP contribution in [0.4, 0.5) is 5.82 Å². The smallest absolute Gasteiger partial charge is 0.158 e. The van der Waals surface area contributed by atoms with Crippen LogP contribution in [0.5, 0.6) is 0 Å². The molecule has 0 spiro atoms. The molecule has 0 aliphatic heterocycles. The molecular formula is C10H8BrN5. The number of hydrogen-bond acceptors (Lipinski definition) is 4. The van der Waals surface area contributed by atoms with Crippen LogP contribution in [0, 0.1) is 18.8 Å². The summed E-state index contributed by atoms with van der Waals surface area (Å²) in [5.41, 5.74) is 7.76. The number of rotatable bonds is 0. The maximum absolute atomic E-state index is 5.65. The van der Waals surface area contributed by atoms with E-state index in [1.807, 2.05) is 6.92 Å². The molecule has 2 aromatic heterocycles. The molecule has 0 fully saturated rings. The molecular weight excluding hydrogens is 270 g/mol. The lowest BCUT2D eigenvalue weighted by atomic mass is 10.2. The first-order chi connectivity index (χ1) is 7.66. The molecule has 2 rings (SSSR count). The van der Waals surface area contributed by atoms with E-state index in [-0.39, 0.29) is 0 Å². The van der Waals surface area contributed by atoms with Crippen molar-refractivity contribution in [3.05, 3.63) is 33.9 Å². The third-order valence-electron chi connectivity index (χ3n) is 1.92. The predicted octanol–water partition coefficient (Wildman–Crippen LogP) is 1.25. The molecule has 0 aliphatic rings. The van der Waals surface area contributed by atoms with Gasteiger partial charge in [0.25, 0.3) is 0 Å². The van der Waals surface area contributed by atoms with Crippen LogP contribution in [0.25, 0.3) is 0 Å². The van der Waals surface area contributed by atoms with Crippen LogP contribution in [-0.4, -0.2) is 20.2 Å². The number of nitrogens with two attached hydrogens (primary N) is 1. The Kier molecular flexibility index (Phi) is 2.88. The van der Waals surface area contributed by atoms with E-state index in [1.54, 1.807) is 6.20 Å².